The van der Waals surface area contributed by atoms with Crippen molar-refractivity contribution in [3.63, 3.8) is 0 Å². The predicted octanol–water partition coefficient (Wildman–Crippen LogP) is 1.24. The molecule has 13 heavy (non-hydrogen) atoms. The highest BCUT2D eigenvalue weighted by atomic mass is 16.1. The Morgan fingerprint density at radius 1 is 1.62 bits per heavy atom. The van der Waals surface area contributed by atoms with Crippen molar-refractivity contribution in [1.82, 2.24) is 10.2 Å². The summed E-state index contributed by atoms with van der Waals surface area (Å²) in [7, 11) is 0. The number of nitrogens with one attached hydrogen (secondary N) is 1. The van der Waals surface area contributed by atoms with E-state index in [1.54, 1.807) is 0 Å². The lowest BCUT2D eigenvalue weighted by Crippen LogP contribution is -2.61. The summed E-state index contributed by atoms with van der Waals surface area (Å²) in [6.07, 6.45) is 1.60. The van der Waals surface area contributed by atoms with E-state index in [1.165, 1.54) is 0 Å². The summed E-state index contributed by atoms with van der Waals surface area (Å²) >= 11 is 0. The van der Waals surface area contributed by atoms with Crippen molar-refractivity contribution in [2.24, 2.45) is 0 Å². The normalized spacial score (nSPS) is 18.8. The number of carbonyl (C=O) groups is 1. The van der Waals surface area contributed by atoms with E-state index in [2.05, 4.69) is 24.1 Å². The van der Waals surface area contributed by atoms with Gasteiger partial charge in [-0.25, -0.2) is 0 Å². The van der Waals surface area contributed by atoms with Gasteiger partial charge in [-0.15, -0.1) is 0 Å². The molecule has 0 aromatic heterocycles. The van der Waals surface area contributed by atoms with Crippen LogP contribution in [0.25, 0.3) is 0 Å². The minimum absolute atomic E-state index is 0. The van der Waals surface area contributed by atoms with E-state index in [1.807, 2.05) is 6.92 Å². The Labute approximate surface area is 82.0 Å². The molecule has 0 radical (unpaired) electrons. The van der Waals surface area contributed by atoms with Crippen LogP contribution in [0.1, 0.15) is 35.0 Å². The highest BCUT2D eigenvalue weighted by Gasteiger charge is 2.28. The van der Waals surface area contributed by atoms with E-state index in [0.29, 0.717) is 18.5 Å². The summed E-state index contributed by atoms with van der Waals surface area (Å²) in [5, 5.41) is 3.02. The Kier molecular flexibility index (Phi) is 3.72. The number of nitrogens with zero attached hydrogens (tertiary/aromatic N) is 1. The van der Waals surface area contributed by atoms with Crippen LogP contribution in [0.15, 0.2) is 0 Å². The topological polar surface area (TPSA) is 32.3 Å². The van der Waals surface area contributed by atoms with E-state index in [4.69, 9.17) is 0 Å². The molecular weight excluding hydrogens is 164 g/mol. The van der Waals surface area contributed by atoms with Gasteiger partial charge in [0, 0.05) is 27.0 Å². The highest BCUT2D eigenvalue weighted by Crippen LogP contribution is 2.11. The highest BCUT2D eigenvalue weighted by molar-refractivity contribution is 5.76. The third-order valence-electron chi connectivity index (χ3n) is 2.48. The number of carbonyl (C=O) groups excluding carboxylic acids is 1. The van der Waals surface area contributed by atoms with Crippen molar-refractivity contribution in [3.05, 3.63) is 0 Å². The summed E-state index contributed by atoms with van der Waals surface area (Å²) in [4.78, 5) is 13.6. The summed E-state index contributed by atoms with van der Waals surface area (Å²) in [5.74, 6) is 0.205. The zero-order chi connectivity index (χ0) is 9.84. The second-order valence-corrected chi connectivity index (χ2v) is 4.06. The average Bonchev–Trinajstić information content (AvgIpc) is 1.95. The fourth-order valence-electron chi connectivity index (χ4n) is 1.55. The lowest BCUT2D eigenvalue weighted by atomic mass is 10.1. The molecule has 1 N–H and O–H groups in total. The van der Waals surface area contributed by atoms with Gasteiger partial charge in [0.05, 0.1) is 6.04 Å². The molecule has 1 heterocycles. The first kappa shape index (κ1) is 10.5. The van der Waals surface area contributed by atoms with Crippen LogP contribution in [0.5, 0.6) is 0 Å². The van der Waals surface area contributed by atoms with Crippen molar-refractivity contribution < 1.29 is 6.22 Å². The largest absolute Gasteiger partial charge is 0.351 e. The van der Waals surface area contributed by atoms with Crippen LogP contribution in [0.2, 0.25) is 0 Å². The molecule has 1 fully saturated rings. The molecule has 0 saturated carbocycles. The third-order valence-corrected chi connectivity index (χ3v) is 2.48. The van der Waals surface area contributed by atoms with Gasteiger partial charge in [-0.3, -0.25) is 9.69 Å². The van der Waals surface area contributed by atoms with E-state index < -0.39 is 0 Å². The molecule has 0 bridgehead atoms. The van der Waals surface area contributed by atoms with Gasteiger partial charge in [-0.2, -0.15) is 0 Å². The fraction of sp³-hybridized carbons (Fsp3) is 0.900. The van der Waals surface area contributed by atoms with Crippen LogP contribution in [-0.2, 0) is 4.79 Å². The molecule has 0 aliphatic carbocycles. The molecule has 78 valence electrons. The predicted molar refractivity (Wildman–Crippen MR) is 55.7 cm³/mol. The zero-order valence-electron chi connectivity index (χ0n) is 8.84. The maximum atomic E-state index is 11.2. The first-order valence-corrected chi connectivity index (χ1v) is 5.17. The third kappa shape index (κ3) is 2.99. The van der Waals surface area contributed by atoms with Crippen LogP contribution in [-0.4, -0.2) is 36.0 Å². The molecule has 1 aliphatic heterocycles. The van der Waals surface area contributed by atoms with E-state index in [-0.39, 0.29) is 7.33 Å². The molecule has 0 atom stereocenters. The monoisotopic (exact) mass is 186 g/mol. The van der Waals surface area contributed by atoms with Gasteiger partial charge in [-0.1, -0.05) is 6.92 Å². The Morgan fingerprint density at radius 2 is 2.23 bits per heavy atom. The van der Waals surface area contributed by atoms with E-state index >= 15 is 0 Å². The quantitative estimate of drug-likeness (QED) is 0.716. The lowest BCUT2D eigenvalue weighted by Gasteiger charge is -2.42. The molecule has 1 rings (SSSR count). The van der Waals surface area contributed by atoms with Crippen molar-refractivity contribution in [1.29, 1.82) is 0 Å². The number of likely N-dealkylation sites (tertiary alicyclic amines) is 1. The average molecular weight is 186 g/mol. The Morgan fingerprint density at radius 3 is 2.69 bits per heavy atom. The standard InChI is InChI=1S/C10H20N2O.H2/c1-4-5-10(13)11-9-6-12(7-9)8(2)3;/h8-9H,4-7H2,1-3H3,(H,11,13);1H. The van der Waals surface area contributed by atoms with Gasteiger partial charge < -0.3 is 5.32 Å². The molecule has 1 amide bonds. The lowest BCUT2D eigenvalue weighted by molar-refractivity contribution is -0.123. The number of hydrogen-bond acceptors (Lipinski definition) is 2. The Hall–Kier alpha value is -0.570. The molecule has 0 spiro atoms. The van der Waals surface area contributed by atoms with Crippen LogP contribution in [0.3, 0.4) is 0 Å². The molecule has 0 unspecified atom stereocenters. The van der Waals surface area contributed by atoms with Crippen molar-refractivity contribution in [2.75, 3.05) is 13.1 Å². The maximum Gasteiger partial charge on any atom is 0.220 e. The van der Waals surface area contributed by atoms with Crippen molar-refractivity contribution in [2.45, 2.75) is 45.7 Å². The fourth-order valence-corrected chi connectivity index (χ4v) is 1.55. The van der Waals surface area contributed by atoms with Gasteiger partial charge >= 0.3 is 0 Å². The van der Waals surface area contributed by atoms with Crippen molar-refractivity contribution >= 4 is 5.91 Å². The molecule has 1 saturated heterocycles. The number of amides is 1. The van der Waals surface area contributed by atoms with Gasteiger partial charge in [0.1, 0.15) is 0 Å². The van der Waals surface area contributed by atoms with Crippen molar-refractivity contribution in [3.8, 4) is 0 Å². The van der Waals surface area contributed by atoms with Crippen LogP contribution in [0, 0.1) is 0 Å². The number of hydrogen-bond donors (Lipinski definition) is 1. The SMILES string of the molecule is CCCC(=O)NC1CN(C(C)C)C1.[HH]. The van der Waals surface area contributed by atoms with Gasteiger partial charge in [0.25, 0.3) is 0 Å². The van der Waals surface area contributed by atoms with Crippen LogP contribution >= 0.6 is 0 Å². The van der Waals surface area contributed by atoms with E-state index in [0.717, 1.165) is 19.5 Å². The molecule has 3 nitrogen and oxygen atoms in total. The van der Waals surface area contributed by atoms with Gasteiger partial charge in [0.2, 0.25) is 5.91 Å². The summed E-state index contributed by atoms with van der Waals surface area (Å²) < 4.78 is 0. The van der Waals surface area contributed by atoms with E-state index in [9.17, 15) is 4.79 Å². The first-order valence-electron chi connectivity index (χ1n) is 5.17. The maximum absolute atomic E-state index is 11.2. The molecular formula is C10H22N2O. The summed E-state index contributed by atoms with van der Waals surface area (Å²) in [6.45, 7) is 8.44. The van der Waals surface area contributed by atoms with Gasteiger partial charge in [-0.05, 0) is 20.3 Å². The van der Waals surface area contributed by atoms with Crippen LogP contribution < -0.4 is 5.32 Å². The Bertz CT molecular complexity index is 179. The summed E-state index contributed by atoms with van der Waals surface area (Å²) in [5.41, 5.74) is 0. The zero-order valence-corrected chi connectivity index (χ0v) is 8.84. The first-order chi connectivity index (χ1) is 6.13. The van der Waals surface area contributed by atoms with Crippen LogP contribution in [0.4, 0.5) is 0 Å². The van der Waals surface area contributed by atoms with Gasteiger partial charge in [0.15, 0.2) is 0 Å². The minimum atomic E-state index is 0. The summed E-state index contributed by atoms with van der Waals surface area (Å²) in [6, 6.07) is 1.01. The molecule has 0 aromatic carbocycles. The smallest absolute Gasteiger partial charge is 0.220 e. The Balaban J connectivity index is 0.00000169. The number of rotatable bonds is 4. The second-order valence-electron chi connectivity index (χ2n) is 4.06. The molecule has 0 aromatic rings. The minimum Gasteiger partial charge on any atom is -0.351 e. The second kappa shape index (κ2) is 4.61. The molecule has 3 heteroatoms. The molecule has 1 aliphatic rings.